The standard InChI is InChI=1S/C11H22N2O2/c1-3-11(4-2)7-9(5-6-15-11)13-8-10(12)14/h9,13H,3-8H2,1-2H3,(H2,12,14). The molecular formula is C11H22N2O2. The molecule has 1 aliphatic rings. The predicted octanol–water partition coefficient (Wildman–Crippen LogP) is 0.799. The summed E-state index contributed by atoms with van der Waals surface area (Å²) in [5, 5.41) is 3.19. The fourth-order valence-electron chi connectivity index (χ4n) is 2.19. The van der Waals surface area contributed by atoms with Gasteiger partial charge in [-0.05, 0) is 25.7 Å². The summed E-state index contributed by atoms with van der Waals surface area (Å²) >= 11 is 0. The average Bonchev–Trinajstić information content (AvgIpc) is 2.26. The van der Waals surface area contributed by atoms with Crippen LogP contribution < -0.4 is 11.1 Å². The molecule has 0 aromatic rings. The van der Waals surface area contributed by atoms with Crippen LogP contribution in [0.3, 0.4) is 0 Å². The molecule has 4 nitrogen and oxygen atoms in total. The van der Waals surface area contributed by atoms with E-state index in [0.29, 0.717) is 6.04 Å². The minimum Gasteiger partial charge on any atom is -0.375 e. The maximum atomic E-state index is 10.7. The molecule has 0 aromatic heterocycles. The van der Waals surface area contributed by atoms with E-state index >= 15 is 0 Å². The van der Waals surface area contributed by atoms with Crippen molar-refractivity contribution in [2.24, 2.45) is 5.73 Å². The molecular weight excluding hydrogens is 192 g/mol. The van der Waals surface area contributed by atoms with Crippen molar-refractivity contribution >= 4 is 5.91 Å². The molecule has 0 radical (unpaired) electrons. The number of nitrogens with one attached hydrogen (secondary N) is 1. The summed E-state index contributed by atoms with van der Waals surface area (Å²) in [6, 6.07) is 0.367. The number of amides is 1. The van der Waals surface area contributed by atoms with E-state index in [-0.39, 0.29) is 18.1 Å². The van der Waals surface area contributed by atoms with Gasteiger partial charge in [0, 0.05) is 12.6 Å². The Morgan fingerprint density at radius 2 is 2.20 bits per heavy atom. The molecule has 88 valence electrons. The Balaban J connectivity index is 2.44. The monoisotopic (exact) mass is 214 g/mol. The molecule has 1 heterocycles. The number of nitrogens with two attached hydrogens (primary N) is 1. The number of primary amides is 1. The molecule has 1 amide bonds. The molecule has 0 saturated carbocycles. The lowest BCUT2D eigenvalue weighted by molar-refractivity contribution is -0.118. The van der Waals surface area contributed by atoms with Gasteiger partial charge in [0.15, 0.2) is 0 Å². The van der Waals surface area contributed by atoms with E-state index in [1.165, 1.54) is 0 Å². The molecule has 0 bridgehead atoms. The number of carbonyl (C=O) groups is 1. The van der Waals surface area contributed by atoms with E-state index in [4.69, 9.17) is 10.5 Å². The van der Waals surface area contributed by atoms with Crippen LogP contribution in [0.1, 0.15) is 39.5 Å². The number of hydrogen-bond acceptors (Lipinski definition) is 3. The van der Waals surface area contributed by atoms with Gasteiger partial charge in [-0.2, -0.15) is 0 Å². The summed E-state index contributed by atoms with van der Waals surface area (Å²) in [5.41, 5.74) is 5.12. The van der Waals surface area contributed by atoms with Crippen LogP contribution in [0.25, 0.3) is 0 Å². The second-order valence-electron chi connectivity index (χ2n) is 4.28. The van der Waals surface area contributed by atoms with Crippen molar-refractivity contribution in [3.8, 4) is 0 Å². The van der Waals surface area contributed by atoms with Crippen LogP contribution >= 0.6 is 0 Å². The SMILES string of the molecule is CCC1(CC)CC(NCC(N)=O)CCO1. The van der Waals surface area contributed by atoms with Crippen LogP contribution in [0.15, 0.2) is 0 Å². The lowest BCUT2D eigenvalue weighted by Crippen LogP contribution is -2.48. The minimum absolute atomic E-state index is 0.00750. The van der Waals surface area contributed by atoms with Crippen LogP contribution in [0.5, 0.6) is 0 Å². The van der Waals surface area contributed by atoms with E-state index in [1.807, 2.05) is 0 Å². The highest BCUT2D eigenvalue weighted by Gasteiger charge is 2.34. The fourth-order valence-corrected chi connectivity index (χ4v) is 2.19. The highest BCUT2D eigenvalue weighted by Crippen LogP contribution is 2.31. The van der Waals surface area contributed by atoms with Crippen molar-refractivity contribution in [1.29, 1.82) is 0 Å². The lowest BCUT2D eigenvalue weighted by atomic mass is 9.86. The van der Waals surface area contributed by atoms with E-state index in [0.717, 1.165) is 32.3 Å². The first-order chi connectivity index (χ1) is 7.12. The second-order valence-corrected chi connectivity index (χ2v) is 4.28. The fraction of sp³-hybridized carbons (Fsp3) is 0.909. The van der Waals surface area contributed by atoms with E-state index in [2.05, 4.69) is 19.2 Å². The van der Waals surface area contributed by atoms with Crippen LogP contribution in [0.2, 0.25) is 0 Å². The third-order valence-corrected chi connectivity index (χ3v) is 3.35. The quantitative estimate of drug-likeness (QED) is 0.711. The molecule has 0 spiro atoms. The second kappa shape index (κ2) is 5.47. The van der Waals surface area contributed by atoms with Gasteiger partial charge in [0.2, 0.25) is 5.91 Å². The Bertz CT molecular complexity index is 215. The topological polar surface area (TPSA) is 64.3 Å². The van der Waals surface area contributed by atoms with Crippen LogP contribution in [0, 0.1) is 0 Å². The minimum atomic E-state index is -0.292. The molecule has 1 rings (SSSR count). The lowest BCUT2D eigenvalue weighted by Gasteiger charge is -2.40. The van der Waals surface area contributed by atoms with Gasteiger partial charge in [0.05, 0.1) is 12.1 Å². The zero-order valence-corrected chi connectivity index (χ0v) is 9.71. The molecule has 1 fully saturated rings. The Kier molecular flexibility index (Phi) is 4.54. The molecule has 1 aliphatic heterocycles. The first kappa shape index (κ1) is 12.5. The maximum absolute atomic E-state index is 10.7. The summed E-state index contributed by atoms with van der Waals surface area (Å²) in [7, 11) is 0. The van der Waals surface area contributed by atoms with Gasteiger partial charge in [-0.1, -0.05) is 13.8 Å². The van der Waals surface area contributed by atoms with Gasteiger partial charge in [0.25, 0.3) is 0 Å². The van der Waals surface area contributed by atoms with Crippen molar-refractivity contribution in [1.82, 2.24) is 5.32 Å². The normalized spacial score (nSPS) is 25.1. The summed E-state index contributed by atoms with van der Waals surface area (Å²) in [5.74, 6) is -0.292. The molecule has 3 N–H and O–H groups in total. The highest BCUT2D eigenvalue weighted by molar-refractivity contribution is 5.75. The van der Waals surface area contributed by atoms with Crippen molar-refractivity contribution < 1.29 is 9.53 Å². The Labute approximate surface area is 91.5 Å². The summed E-state index contributed by atoms with van der Waals surface area (Å²) in [6.45, 7) is 5.35. The molecule has 1 unspecified atom stereocenters. The number of rotatable bonds is 5. The van der Waals surface area contributed by atoms with Crippen molar-refractivity contribution in [3.63, 3.8) is 0 Å². The van der Waals surface area contributed by atoms with Gasteiger partial charge in [-0.25, -0.2) is 0 Å². The summed E-state index contributed by atoms with van der Waals surface area (Å²) in [6.07, 6.45) is 4.00. The Morgan fingerprint density at radius 1 is 1.53 bits per heavy atom. The summed E-state index contributed by atoms with van der Waals surface area (Å²) < 4.78 is 5.84. The van der Waals surface area contributed by atoms with Crippen LogP contribution in [-0.4, -0.2) is 30.7 Å². The Morgan fingerprint density at radius 3 is 2.73 bits per heavy atom. The van der Waals surface area contributed by atoms with Gasteiger partial charge in [-0.15, -0.1) is 0 Å². The first-order valence-electron chi connectivity index (χ1n) is 5.77. The number of carbonyl (C=O) groups excluding carboxylic acids is 1. The smallest absolute Gasteiger partial charge is 0.231 e. The zero-order chi connectivity index (χ0) is 11.3. The van der Waals surface area contributed by atoms with Gasteiger partial charge in [0.1, 0.15) is 0 Å². The van der Waals surface area contributed by atoms with E-state index in [9.17, 15) is 4.79 Å². The van der Waals surface area contributed by atoms with E-state index in [1.54, 1.807) is 0 Å². The van der Waals surface area contributed by atoms with Gasteiger partial charge < -0.3 is 15.8 Å². The largest absolute Gasteiger partial charge is 0.375 e. The van der Waals surface area contributed by atoms with Crippen molar-refractivity contribution in [2.75, 3.05) is 13.2 Å². The van der Waals surface area contributed by atoms with E-state index < -0.39 is 0 Å². The number of hydrogen-bond donors (Lipinski definition) is 2. The molecule has 0 aromatic carbocycles. The van der Waals surface area contributed by atoms with Crippen molar-refractivity contribution in [3.05, 3.63) is 0 Å². The van der Waals surface area contributed by atoms with Gasteiger partial charge in [-0.3, -0.25) is 4.79 Å². The third kappa shape index (κ3) is 3.47. The molecule has 15 heavy (non-hydrogen) atoms. The first-order valence-corrected chi connectivity index (χ1v) is 5.77. The summed E-state index contributed by atoms with van der Waals surface area (Å²) in [4.78, 5) is 10.7. The van der Waals surface area contributed by atoms with Crippen LogP contribution in [-0.2, 0) is 9.53 Å². The maximum Gasteiger partial charge on any atom is 0.231 e. The molecule has 1 atom stereocenters. The van der Waals surface area contributed by atoms with Crippen molar-refractivity contribution in [2.45, 2.75) is 51.2 Å². The molecule has 1 saturated heterocycles. The predicted molar refractivity (Wildman–Crippen MR) is 59.5 cm³/mol. The third-order valence-electron chi connectivity index (χ3n) is 3.35. The van der Waals surface area contributed by atoms with Crippen LogP contribution in [0.4, 0.5) is 0 Å². The zero-order valence-electron chi connectivity index (χ0n) is 9.71. The Hall–Kier alpha value is -0.610. The number of ether oxygens (including phenoxy) is 1. The molecule has 4 heteroatoms. The average molecular weight is 214 g/mol. The van der Waals surface area contributed by atoms with Gasteiger partial charge >= 0.3 is 0 Å². The molecule has 0 aliphatic carbocycles. The highest BCUT2D eigenvalue weighted by atomic mass is 16.5.